The highest BCUT2D eigenvalue weighted by molar-refractivity contribution is 9.10. The summed E-state index contributed by atoms with van der Waals surface area (Å²) < 4.78 is 11.9. The Morgan fingerprint density at radius 3 is 2.52 bits per heavy atom. The lowest BCUT2D eigenvalue weighted by Crippen LogP contribution is -2.33. The molecule has 0 amide bonds. The first-order chi connectivity index (χ1) is 10.1. The SMILES string of the molecule is COc1ccc2c(c1)O[C@H](O)C(c1ccc(Br)cc1)[C@@H]2C. The Hall–Kier alpha value is -1.52. The Morgan fingerprint density at radius 1 is 1.14 bits per heavy atom. The van der Waals surface area contributed by atoms with Gasteiger partial charge < -0.3 is 14.6 Å². The summed E-state index contributed by atoms with van der Waals surface area (Å²) in [5, 5.41) is 10.4. The zero-order valence-corrected chi connectivity index (χ0v) is 13.5. The quantitative estimate of drug-likeness (QED) is 0.889. The van der Waals surface area contributed by atoms with Crippen LogP contribution in [0.15, 0.2) is 46.9 Å². The van der Waals surface area contributed by atoms with Crippen molar-refractivity contribution in [3.05, 3.63) is 58.1 Å². The molecule has 0 aromatic heterocycles. The molecular weight excluding hydrogens is 332 g/mol. The summed E-state index contributed by atoms with van der Waals surface area (Å²) >= 11 is 3.43. The van der Waals surface area contributed by atoms with Gasteiger partial charge in [-0.1, -0.05) is 41.1 Å². The van der Waals surface area contributed by atoms with Crippen LogP contribution in [0.2, 0.25) is 0 Å². The topological polar surface area (TPSA) is 38.7 Å². The third kappa shape index (κ3) is 2.65. The average Bonchev–Trinajstić information content (AvgIpc) is 2.48. The zero-order chi connectivity index (χ0) is 15.0. The highest BCUT2D eigenvalue weighted by atomic mass is 79.9. The molecule has 21 heavy (non-hydrogen) atoms. The maximum atomic E-state index is 10.4. The van der Waals surface area contributed by atoms with Gasteiger partial charge in [-0.15, -0.1) is 0 Å². The number of rotatable bonds is 2. The largest absolute Gasteiger partial charge is 0.497 e. The van der Waals surface area contributed by atoms with E-state index in [1.807, 2.05) is 42.5 Å². The monoisotopic (exact) mass is 348 g/mol. The van der Waals surface area contributed by atoms with Gasteiger partial charge in [-0.2, -0.15) is 0 Å². The van der Waals surface area contributed by atoms with E-state index >= 15 is 0 Å². The predicted molar refractivity (Wildman–Crippen MR) is 84.9 cm³/mol. The van der Waals surface area contributed by atoms with Crippen LogP contribution >= 0.6 is 15.9 Å². The summed E-state index contributed by atoms with van der Waals surface area (Å²) in [6.45, 7) is 2.11. The lowest BCUT2D eigenvalue weighted by molar-refractivity contribution is -0.0550. The fourth-order valence-electron chi connectivity index (χ4n) is 2.90. The number of ether oxygens (including phenoxy) is 2. The van der Waals surface area contributed by atoms with Gasteiger partial charge in [0.2, 0.25) is 6.29 Å². The minimum absolute atomic E-state index is 0.0843. The molecule has 110 valence electrons. The highest BCUT2D eigenvalue weighted by Crippen LogP contribution is 2.45. The summed E-state index contributed by atoms with van der Waals surface area (Å²) in [5.41, 5.74) is 2.16. The summed E-state index contributed by atoms with van der Waals surface area (Å²) in [5.74, 6) is 1.51. The first kappa shape index (κ1) is 14.4. The molecule has 0 fully saturated rings. The molecule has 1 aliphatic rings. The van der Waals surface area contributed by atoms with E-state index in [1.54, 1.807) is 7.11 Å². The number of hydrogen-bond donors (Lipinski definition) is 1. The number of aliphatic hydroxyl groups is 1. The summed E-state index contributed by atoms with van der Waals surface area (Å²) in [6, 6.07) is 13.8. The smallest absolute Gasteiger partial charge is 0.204 e. The Labute approximate surface area is 132 Å². The molecule has 1 unspecified atom stereocenters. The molecule has 1 heterocycles. The normalized spacial score (nSPS) is 24.1. The van der Waals surface area contributed by atoms with Crippen LogP contribution in [0.25, 0.3) is 0 Å². The highest BCUT2D eigenvalue weighted by Gasteiger charge is 2.36. The second-order valence-electron chi connectivity index (χ2n) is 5.28. The van der Waals surface area contributed by atoms with E-state index in [9.17, 15) is 5.11 Å². The van der Waals surface area contributed by atoms with E-state index in [2.05, 4.69) is 22.9 Å². The van der Waals surface area contributed by atoms with Crippen LogP contribution in [-0.4, -0.2) is 18.5 Å². The summed E-state index contributed by atoms with van der Waals surface area (Å²) in [4.78, 5) is 0. The first-order valence-electron chi connectivity index (χ1n) is 6.88. The lowest BCUT2D eigenvalue weighted by atomic mass is 9.80. The molecule has 2 aromatic rings. The third-order valence-corrected chi connectivity index (χ3v) is 4.59. The molecule has 1 N–H and O–H groups in total. The van der Waals surface area contributed by atoms with E-state index in [1.165, 1.54) is 0 Å². The minimum atomic E-state index is -0.860. The van der Waals surface area contributed by atoms with Crippen molar-refractivity contribution in [3.63, 3.8) is 0 Å². The van der Waals surface area contributed by atoms with Crippen molar-refractivity contribution in [2.45, 2.75) is 25.0 Å². The van der Waals surface area contributed by atoms with E-state index in [-0.39, 0.29) is 11.8 Å². The van der Waals surface area contributed by atoms with Gasteiger partial charge in [-0.05, 0) is 35.2 Å². The fraction of sp³-hybridized carbons (Fsp3) is 0.294. The number of hydrogen-bond acceptors (Lipinski definition) is 3. The zero-order valence-electron chi connectivity index (χ0n) is 11.9. The molecular formula is C17H17BrO3. The maximum absolute atomic E-state index is 10.4. The first-order valence-corrected chi connectivity index (χ1v) is 7.67. The fourth-order valence-corrected chi connectivity index (χ4v) is 3.17. The number of halogens is 1. The predicted octanol–water partition coefficient (Wildman–Crippen LogP) is 4.06. The maximum Gasteiger partial charge on any atom is 0.204 e. The number of aliphatic hydroxyl groups excluding tert-OH is 1. The van der Waals surface area contributed by atoms with Gasteiger partial charge in [-0.3, -0.25) is 0 Å². The van der Waals surface area contributed by atoms with Crippen LogP contribution in [0, 0.1) is 0 Å². The van der Waals surface area contributed by atoms with Crippen LogP contribution in [0.5, 0.6) is 11.5 Å². The standard InChI is InChI=1S/C17H17BrO3/c1-10-14-8-7-13(20-2)9-15(14)21-17(19)16(10)11-3-5-12(18)6-4-11/h3-10,16-17,19H,1-2H3/t10-,16?,17+/m1/s1. The molecule has 0 saturated heterocycles. The van der Waals surface area contributed by atoms with E-state index in [0.717, 1.165) is 21.3 Å². The molecule has 2 aromatic carbocycles. The third-order valence-electron chi connectivity index (χ3n) is 4.06. The van der Waals surface area contributed by atoms with Gasteiger partial charge in [0.15, 0.2) is 0 Å². The molecule has 3 rings (SSSR count). The van der Waals surface area contributed by atoms with Crippen molar-refractivity contribution in [2.75, 3.05) is 7.11 Å². The minimum Gasteiger partial charge on any atom is -0.497 e. The Balaban J connectivity index is 1.99. The summed E-state index contributed by atoms with van der Waals surface area (Å²) in [7, 11) is 1.62. The molecule has 0 radical (unpaired) electrons. The molecule has 4 heteroatoms. The van der Waals surface area contributed by atoms with Gasteiger partial charge in [-0.25, -0.2) is 0 Å². The van der Waals surface area contributed by atoms with Crippen molar-refractivity contribution in [2.24, 2.45) is 0 Å². The molecule has 0 aliphatic carbocycles. The average molecular weight is 349 g/mol. The van der Waals surface area contributed by atoms with Crippen LogP contribution in [0.3, 0.4) is 0 Å². The lowest BCUT2D eigenvalue weighted by Gasteiger charge is -2.35. The number of fused-ring (bicyclic) bond motifs is 1. The van der Waals surface area contributed by atoms with Crippen LogP contribution in [-0.2, 0) is 0 Å². The van der Waals surface area contributed by atoms with E-state index in [0.29, 0.717) is 5.75 Å². The van der Waals surface area contributed by atoms with E-state index < -0.39 is 6.29 Å². The Morgan fingerprint density at radius 2 is 1.86 bits per heavy atom. The van der Waals surface area contributed by atoms with Crippen LogP contribution in [0.4, 0.5) is 0 Å². The molecule has 0 bridgehead atoms. The van der Waals surface area contributed by atoms with Crippen molar-refractivity contribution in [1.82, 2.24) is 0 Å². The molecule has 0 saturated carbocycles. The van der Waals surface area contributed by atoms with Crippen LogP contribution < -0.4 is 9.47 Å². The Kier molecular flexibility index (Phi) is 3.91. The number of methoxy groups -OCH3 is 1. The van der Waals surface area contributed by atoms with Gasteiger partial charge in [0.05, 0.1) is 13.0 Å². The molecule has 3 nitrogen and oxygen atoms in total. The van der Waals surface area contributed by atoms with Gasteiger partial charge >= 0.3 is 0 Å². The molecule has 1 aliphatic heterocycles. The van der Waals surface area contributed by atoms with Gasteiger partial charge in [0.1, 0.15) is 11.5 Å². The van der Waals surface area contributed by atoms with Gasteiger partial charge in [0.25, 0.3) is 0 Å². The van der Waals surface area contributed by atoms with Crippen molar-refractivity contribution >= 4 is 15.9 Å². The Bertz CT molecular complexity index is 639. The van der Waals surface area contributed by atoms with Crippen molar-refractivity contribution < 1.29 is 14.6 Å². The van der Waals surface area contributed by atoms with Crippen molar-refractivity contribution in [1.29, 1.82) is 0 Å². The van der Waals surface area contributed by atoms with E-state index in [4.69, 9.17) is 9.47 Å². The number of benzene rings is 2. The second-order valence-corrected chi connectivity index (χ2v) is 6.19. The van der Waals surface area contributed by atoms with Crippen molar-refractivity contribution in [3.8, 4) is 11.5 Å². The molecule has 3 atom stereocenters. The van der Waals surface area contributed by atoms with Gasteiger partial charge in [0, 0.05) is 10.5 Å². The summed E-state index contributed by atoms with van der Waals surface area (Å²) in [6.07, 6.45) is -0.860. The molecule has 0 spiro atoms. The second kappa shape index (κ2) is 5.70. The van der Waals surface area contributed by atoms with Crippen LogP contribution in [0.1, 0.15) is 29.9 Å².